The van der Waals surface area contributed by atoms with Crippen molar-refractivity contribution in [2.24, 2.45) is 0 Å². The molecular formula is C29H22N6O2. The third-order valence-corrected chi connectivity index (χ3v) is 5.80. The van der Waals surface area contributed by atoms with Crippen molar-refractivity contribution >= 4 is 17.8 Å². The van der Waals surface area contributed by atoms with E-state index in [4.69, 9.17) is 9.73 Å². The maximum atomic E-state index is 13.1. The fraction of sp³-hybridized carbons (Fsp3) is 0.0690. The minimum atomic E-state index is -0.631. The Morgan fingerprint density at radius 3 is 2.14 bits per heavy atom. The summed E-state index contributed by atoms with van der Waals surface area (Å²) in [5.41, 5.74) is 6.19. The van der Waals surface area contributed by atoms with E-state index in [1.165, 1.54) is 6.08 Å². The number of anilines is 1. The molecule has 180 valence electrons. The van der Waals surface area contributed by atoms with Crippen molar-refractivity contribution in [1.29, 1.82) is 5.26 Å². The zero-order valence-electron chi connectivity index (χ0n) is 20.2. The Hall–Kier alpha value is -5.29. The summed E-state index contributed by atoms with van der Waals surface area (Å²) in [5.74, 6) is -0.498. The first-order valence-corrected chi connectivity index (χ1v) is 11.6. The number of nitrogens with zero attached hydrogens (tertiary/aromatic N) is 5. The average molecular weight is 487 g/mol. The van der Waals surface area contributed by atoms with Crippen LogP contribution < -0.4 is 5.32 Å². The first kappa shape index (κ1) is 23.5. The standard InChI is InChI=1S/C29H22N6O2/c1-19-8-12-21(13-9-19)26-24(18-35(32-26)25-6-4-3-5-7-25)16-23(17-30)29(36)31-28-27(33-37-34-28)22-14-10-20(2)11-15-22/h3-16,18H,1-2H3,(H,31,34,36). The van der Waals surface area contributed by atoms with E-state index >= 15 is 0 Å². The number of carbonyl (C=O) groups is 1. The van der Waals surface area contributed by atoms with Gasteiger partial charge in [-0.2, -0.15) is 10.4 Å². The fourth-order valence-corrected chi connectivity index (χ4v) is 3.79. The van der Waals surface area contributed by atoms with Gasteiger partial charge in [0.2, 0.25) is 5.82 Å². The number of aromatic nitrogens is 4. The Bertz CT molecular complexity index is 1620. The monoisotopic (exact) mass is 486 g/mol. The molecule has 1 N–H and O–H groups in total. The molecule has 0 aliphatic rings. The van der Waals surface area contributed by atoms with E-state index in [1.54, 1.807) is 10.9 Å². The van der Waals surface area contributed by atoms with E-state index in [-0.39, 0.29) is 11.4 Å². The van der Waals surface area contributed by atoms with Crippen LogP contribution in [-0.2, 0) is 4.79 Å². The molecule has 0 aliphatic heterocycles. The SMILES string of the molecule is Cc1ccc(-c2nn(-c3ccccc3)cc2C=C(C#N)C(=O)Nc2nonc2-c2ccc(C)cc2)cc1. The first-order chi connectivity index (χ1) is 18.0. The summed E-state index contributed by atoms with van der Waals surface area (Å²) in [5, 5.41) is 25.0. The van der Waals surface area contributed by atoms with Crippen molar-refractivity contribution in [3.63, 3.8) is 0 Å². The predicted molar refractivity (Wildman–Crippen MR) is 140 cm³/mol. The molecule has 8 heteroatoms. The summed E-state index contributed by atoms with van der Waals surface area (Å²) < 4.78 is 6.60. The van der Waals surface area contributed by atoms with Crippen LogP contribution in [0.2, 0.25) is 0 Å². The van der Waals surface area contributed by atoms with Gasteiger partial charge in [-0.1, -0.05) is 77.9 Å². The average Bonchev–Trinajstić information content (AvgIpc) is 3.56. The molecular weight excluding hydrogens is 464 g/mol. The van der Waals surface area contributed by atoms with Gasteiger partial charge in [-0.25, -0.2) is 9.31 Å². The summed E-state index contributed by atoms with van der Waals surface area (Å²) in [4.78, 5) is 13.1. The lowest BCUT2D eigenvalue weighted by molar-refractivity contribution is -0.112. The summed E-state index contributed by atoms with van der Waals surface area (Å²) >= 11 is 0. The van der Waals surface area contributed by atoms with Crippen LogP contribution in [0.5, 0.6) is 0 Å². The van der Waals surface area contributed by atoms with Crippen LogP contribution in [-0.4, -0.2) is 26.0 Å². The van der Waals surface area contributed by atoms with E-state index in [2.05, 4.69) is 15.6 Å². The molecule has 0 radical (unpaired) electrons. The molecule has 0 bridgehead atoms. The van der Waals surface area contributed by atoms with Crippen molar-refractivity contribution < 1.29 is 9.42 Å². The minimum Gasteiger partial charge on any atom is -0.301 e. The lowest BCUT2D eigenvalue weighted by Crippen LogP contribution is -2.14. The zero-order chi connectivity index (χ0) is 25.8. The lowest BCUT2D eigenvalue weighted by Gasteiger charge is -2.03. The maximum absolute atomic E-state index is 13.1. The second kappa shape index (κ2) is 10.1. The highest BCUT2D eigenvalue weighted by atomic mass is 16.6. The molecule has 2 aromatic heterocycles. The molecule has 2 heterocycles. The topological polar surface area (TPSA) is 110 Å². The van der Waals surface area contributed by atoms with E-state index in [0.29, 0.717) is 17.0 Å². The Labute approximate surface area is 213 Å². The van der Waals surface area contributed by atoms with Crippen molar-refractivity contribution in [3.05, 3.63) is 107 Å². The number of rotatable bonds is 6. The largest absolute Gasteiger partial charge is 0.301 e. The van der Waals surface area contributed by atoms with Gasteiger partial charge in [-0.15, -0.1) is 0 Å². The summed E-state index contributed by atoms with van der Waals surface area (Å²) in [6.07, 6.45) is 3.32. The van der Waals surface area contributed by atoms with E-state index in [9.17, 15) is 10.1 Å². The van der Waals surface area contributed by atoms with Crippen LogP contribution in [0.1, 0.15) is 16.7 Å². The van der Waals surface area contributed by atoms with Crippen molar-refractivity contribution in [1.82, 2.24) is 20.1 Å². The van der Waals surface area contributed by atoms with Crippen LogP contribution in [0.3, 0.4) is 0 Å². The fourth-order valence-electron chi connectivity index (χ4n) is 3.79. The Morgan fingerprint density at radius 2 is 1.51 bits per heavy atom. The Morgan fingerprint density at radius 1 is 0.892 bits per heavy atom. The van der Waals surface area contributed by atoms with Gasteiger partial charge in [0.1, 0.15) is 11.6 Å². The molecule has 0 saturated heterocycles. The molecule has 8 nitrogen and oxygen atoms in total. The second-order valence-electron chi connectivity index (χ2n) is 8.53. The molecule has 3 aromatic carbocycles. The highest BCUT2D eigenvalue weighted by molar-refractivity contribution is 6.10. The molecule has 37 heavy (non-hydrogen) atoms. The molecule has 0 saturated carbocycles. The number of aryl methyl sites for hydroxylation is 2. The quantitative estimate of drug-likeness (QED) is 0.242. The minimum absolute atomic E-state index is 0.112. The van der Waals surface area contributed by atoms with Gasteiger partial charge in [0.25, 0.3) is 5.91 Å². The van der Waals surface area contributed by atoms with Gasteiger partial charge in [0, 0.05) is 22.9 Å². The number of amides is 1. The van der Waals surface area contributed by atoms with E-state index in [1.807, 2.05) is 98.8 Å². The number of hydrogen-bond acceptors (Lipinski definition) is 6. The van der Waals surface area contributed by atoms with Gasteiger partial charge in [-0.3, -0.25) is 4.79 Å². The number of nitrogens with one attached hydrogen (secondary N) is 1. The third-order valence-electron chi connectivity index (χ3n) is 5.80. The number of carbonyl (C=O) groups excluding carboxylic acids is 1. The van der Waals surface area contributed by atoms with Gasteiger partial charge >= 0.3 is 0 Å². The molecule has 0 aliphatic carbocycles. The zero-order valence-corrected chi connectivity index (χ0v) is 20.2. The number of benzene rings is 3. The highest BCUT2D eigenvalue weighted by Gasteiger charge is 2.19. The molecule has 0 atom stereocenters. The summed E-state index contributed by atoms with van der Waals surface area (Å²) in [6.45, 7) is 3.98. The number of para-hydroxylation sites is 1. The van der Waals surface area contributed by atoms with Crippen molar-refractivity contribution in [2.45, 2.75) is 13.8 Å². The van der Waals surface area contributed by atoms with Crippen LogP contribution in [0.25, 0.3) is 34.3 Å². The normalized spacial score (nSPS) is 11.2. The predicted octanol–water partition coefficient (Wildman–Crippen LogP) is 5.75. The Balaban J connectivity index is 1.50. The number of hydrogen-bond donors (Lipinski definition) is 1. The smallest absolute Gasteiger partial charge is 0.267 e. The molecule has 1 amide bonds. The van der Waals surface area contributed by atoms with Crippen LogP contribution in [0.15, 0.2) is 95.3 Å². The highest BCUT2D eigenvalue weighted by Crippen LogP contribution is 2.28. The van der Waals surface area contributed by atoms with Gasteiger partial charge in [-0.05, 0) is 42.4 Å². The van der Waals surface area contributed by atoms with Gasteiger partial charge in [0.05, 0.1) is 11.4 Å². The summed E-state index contributed by atoms with van der Waals surface area (Å²) in [7, 11) is 0. The van der Waals surface area contributed by atoms with Gasteiger partial charge in [0.15, 0.2) is 5.69 Å². The third kappa shape index (κ3) is 5.06. The molecule has 0 unspecified atom stereocenters. The lowest BCUT2D eigenvalue weighted by atomic mass is 10.0. The van der Waals surface area contributed by atoms with Crippen molar-refractivity contribution in [2.75, 3.05) is 5.32 Å². The Kier molecular flexibility index (Phi) is 6.43. The molecule has 0 fully saturated rings. The van der Waals surface area contributed by atoms with Crippen LogP contribution in [0, 0.1) is 25.2 Å². The van der Waals surface area contributed by atoms with E-state index < -0.39 is 5.91 Å². The molecule has 5 aromatic rings. The summed E-state index contributed by atoms with van der Waals surface area (Å²) in [6, 6.07) is 27.1. The van der Waals surface area contributed by atoms with Gasteiger partial charge < -0.3 is 5.32 Å². The first-order valence-electron chi connectivity index (χ1n) is 11.6. The number of nitriles is 1. The molecule has 0 spiro atoms. The second-order valence-corrected chi connectivity index (χ2v) is 8.53. The maximum Gasteiger partial charge on any atom is 0.267 e. The van der Waals surface area contributed by atoms with Crippen LogP contribution >= 0.6 is 0 Å². The van der Waals surface area contributed by atoms with E-state index in [0.717, 1.165) is 27.9 Å². The van der Waals surface area contributed by atoms with Crippen LogP contribution in [0.4, 0.5) is 5.82 Å². The molecule has 5 rings (SSSR count). The van der Waals surface area contributed by atoms with Crippen molar-refractivity contribution in [3.8, 4) is 34.3 Å².